The van der Waals surface area contributed by atoms with Crippen molar-refractivity contribution in [3.8, 4) is 0 Å². The van der Waals surface area contributed by atoms with Crippen molar-refractivity contribution in [1.29, 1.82) is 0 Å². The summed E-state index contributed by atoms with van der Waals surface area (Å²) in [5, 5.41) is 0.931. The summed E-state index contributed by atoms with van der Waals surface area (Å²) >= 11 is 3.38. The first kappa shape index (κ1) is 17.0. The Morgan fingerprint density at radius 1 is 1.27 bits per heavy atom. The van der Waals surface area contributed by atoms with Gasteiger partial charge in [-0.3, -0.25) is 13.9 Å². The average Bonchev–Trinajstić information content (AvgIpc) is 2.94. The Balaban J connectivity index is 2.43. The molecule has 0 amide bonds. The summed E-state index contributed by atoms with van der Waals surface area (Å²) in [6.45, 7) is 3.11. The van der Waals surface area contributed by atoms with Crippen LogP contribution in [0.3, 0.4) is 0 Å². The van der Waals surface area contributed by atoms with Crippen molar-refractivity contribution in [2.75, 3.05) is 11.9 Å². The first-order valence-corrected chi connectivity index (χ1v) is 8.52. The van der Waals surface area contributed by atoms with E-state index in [0.29, 0.717) is 24.3 Å². The molecule has 0 N–H and O–H groups in total. The third kappa shape index (κ3) is 3.33. The second-order valence-electron chi connectivity index (χ2n) is 5.06. The number of nitrogens with zero attached hydrogens (tertiary/aromatic N) is 4. The van der Waals surface area contributed by atoms with Crippen LogP contribution < -0.4 is 11.2 Å². The second-order valence-corrected chi connectivity index (χ2v) is 5.85. The molecular formula is C14H21BrN4O3. The van der Waals surface area contributed by atoms with Gasteiger partial charge in [0.2, 0.25) is 0 Å². The van der Waals surface area contributed by atoms with E-state index in [1.165, 1.54) is 15.5 Å². The number of fused-ring (bicyclic) bond motifs is 1. The molecule has 0 fully saturated rings. The summed E-state index contributed by atoms with van der Waals surface area (Å²) in [4.78, 5) is 29.1. The van der Waals surface area contributed by atoms with Gasteiger partial charge < -0.3 is 9.30 Å². The van der Waals surface area contributed by atoms with Crippen molar-refractivity contribution in [3.63, 3.8) is 0 Å². The molecule has 0 bridgehead atoms. The fraction of sp³-hybridized carbons (Fsp3) is 0.643. The lowest BCUT2D eigenvalue weighted by Crippen LogP contribution is -2.39. The molecule has 0 unspecified atom stereocenters. The molecule has 8 heteroatoms. The van der Waals surface area contributed by atoms with E-state index in [2.05, 4.69) is 20.9 Å². The summed E-state index contributed by atoms with van der Waals surface area (Å²) in [5.41, 5.74) is 0.189. The van der Waals surface area contributed by atoms with E-state index < -0.39 is 0 Å². The number of rotatable bonds is 8. The molecule has 0 radical (unpaired) electrons. The normalized spacial score (nSPS) is 11.4. The van der Waals surface area contributed by atoms with Crippen LogP contribution in [0.15, 0.2) is 15.9 Å². The van der Waals surface area contributed by atoms with Crippen molar-refractivity contribution in [2.45, 2.75) is 39.5 Å². The summed E-state index contributed by atoms with van der Waals surface area (Å²) in [6.07, 6.45) is 4.33. The van der Waals surface area contributed by atoms with Crippen LogP contribution in [-0.2, 0) is 25.1 Å². The molecule has 122 valence electrons. The molecule has 0 atom stereocenters. The van der Waals surface area contributed by atoms with Crippen molar-refractivity contribution < 1.29 is 4.74 Å². The highest BCUT2D eigenvalue weighted by Crippen LogP contribution is 2.06. The van der Waals surface area contributed by atoms with Crippen molar-refractivity contribution in [3.05, 3.63) is 27.2 Å². The van der Waals surface area contributed by atoms with Gasteiger partial charge in [-0.1, -0.05) is 22.4 Å². The zero-order chi connectivity index (χ0) is 16.1. The fourth-order valence-electron chi connectivity index (χ4n) is 2.35. The molecular weight excluding hydrogens is 352 g/mol. The lowest BCUT2D eigenvalue weighted by atomic mass is 10.2. The number of halogens is 1. The fourth-order valence-corrected chi connectivity index (χ4v) is 2.74. The standard InChI is InChI=1S/C14H21BrN4O3/c1-3-22-10-18-9-16-12-11(18)13(20)19(14(21)17(12)2)8-6-4-5-7-15/h9H,3-8,10H2,1-2H3. The molecule has 22 heavy (non-hydrogen) atoms. The van der Waals surface area contributed by atoms with Crippen molar-refractivity contribution in [1.82, 2.24) is 18.7 Å². The molecule has 0 saturated heterocycles. The number of unbranched alkanes of at least 4 members (excludes halogenated alkanes) is 2. The Bertz CT molecular complexity index is 747. The minimum absolute atomic E-state index is 0.254. The maximum atomic E-state index is 12.6. The topological polar surface area (TPSA) is 71.1 Å². The zero-order valence-corrected chi connectivity index (χ0v) is 14.5. The van der Waals surface area contributed by atoms with E-state index >= 15 is 0 Å². The van der Waals surface area contributed by atoms with Gasteiger partial charge in [0.15, 0.2) is 11.2 Å². The van der Waals surface area contributed by atoms with E-state index in [1.807, 2.05) is 6.92 Å². The van der Waals surface area contributed by atoms with Crippen LogP contribution in [0.1, 0.15) is 26.2 Å². The lowest BCUT2D eigenvalue weighted by Gasteiger charge is -2.09. The number of hydrogen-bond acceptors (Lipinski definition) is 4. The van der Waals surface area contributed by atoms with Gasteiger partial charge >= 0.3 is 5.69 Å². The van der Waals surface area contributed by atoms with Gasteiger partial charge in [-0.25, -0.2) is 9.78 Å². The van der Waals surface area contributed by atoms with Crippen LogP contribution in [0.2, 0.25) is 0 Å². The molecule has 0 saturated carbocycles. The quantitative estimate of drug-likeness (QED) is 0.519. The van der Waals surface area contributed by atoms with Gasteiger partial charge in [0, 0.05) is 25.5 Å². The van der Waals surface area contributed by atoms with Gasteiger partial charge in [-0.15, -0.1) is 0 Å². The average molecular weight is 373 g/mol. The monoisotopic (exact) mass is 372 g/mol. The van der Waals surface area contributed by atoms with E-state index in [9.17, 15) is 9.59 Å². The molecule has 2 aromatic heterocycles. The van der Waals surface area contributed by atoms with Gasteiger partial charge in [-0.05, 0) is 19.8 Å². The number of imidazole rings is 1. The second kappa shape index (κ2) is 7.73. The Morgan fingerprint density at radius 3 is 2.73 bits per heavy atom. The molecule has 2 rings (SSSR count). The van der Waals surface area contributed by atoms with Crippen LogP contribution in [0.4, 0.5) is 0 Å². The Kier molecular flexibility index (Phi) is 5.96. The maximum Gasteiger partial charge on any atom is 0.332 e. The SMILES string of the molecule is CCOCn1cnc2c1c(=O)n(CCCCCBr)c(=O)n2C. The summed E-state index contributed by atoms with van der Waals surface area (Å²) < 4.78 is 9.71. The summed E-state index contributed by atoms with van der Waals surface area (Å²) in [7, 11) is 1.64. The summed E-state index contributed by atoms with van der Waals surface area (Å²) in [6, 6.07) is 0. The molecule has 7 nitrogen and oxygen atoms in total. The van der Waals surface area contributed by atoms with Crippen molar-refractivity contribution >= 4 is 27.1 Å². The minimum atomic E-state index is -0.321. The van der Waals surface area contributed by atoms with Gasteiger partial charge in [0.05, 0.1) is 6.33 Å². The number of aryl methyl sites for hydroxylation is 1. The molecule has 0 aliphatic heterocycles. The predicted octanol–water partition coefficient (Wildman–Crippen LogP) is 1.46. The molecule has 0 aliphatic carbocycles. The Hall–Kier alpha value is -1.41. The largest absolute Gasteiger partial charge is 0.361 e. The molecule has 2 heterocycles. The highest BCUT2D eigenvalue weighted by molar-refractivity contribution is 9.09. The summed E-state index contributed by atoms with van der Waals surface area (Å²) in [5.74, 6) is 0. The van der Waals surface area contributed by atoms with Crippen LogP contribution in [0, 0.1) is 0 Å². The Morgan fingerprint density at radius 2 is 2.05 bits per heavy atom. The number of ether oxygens (including phenoxy) is 1. The van der Waals surface area contributed by atoms with E-state index in [4.69, 9.17) is 4.74 Å². The maximum absolute atomic E-state index is 12.6. The van der Waals surface area contributed by atoms with Crippen LogP contribution >= 0.6 is 15.9 Å². The first-order valence-electron chi connectivity index (χ1n) is 7.40. The van der Waals surface area contributed by atoms with E-state index in [0.717, 1.165) is 24.6 Å². The van der Waals surface area contributed by atoms with Crippen molar-refractivity contribution in [2.24, 2.45) is 7.05 Å². The van der Waals surface area contributed by atoms with Gasteiger partial charge in [-0.2, -0.15) is 0 Å². The first-order chi connectivity index (χ1) is 10.6. The predicted molar refractivity (Wildman–Crippen MR) is 88.5 cm³/mol. The molecule has 0 aliphatic rings. The zero-order valence-electron chi connectivity index (χ0n) is 12.9. The third-order valence-electron chi connectivity index (χ3n) is 3.55. The minimum Gasteiger partial charge on any atom is -0.361 e. The molecule has 0 spiro atoms. The van der Waals surface area contributed by atoms with Crippen LogP contribution in [0.5, 0.6) is 0 Å². The Labute approximate surface area is 136 Å². The number of hydrogen-bond donors (Lipinski definition) is 0. The van der Waals surface area contributed by atoms with Gasteiger partial charge in [0.1, 0.15) is 6.73 Å². The lowest BCUT2D eigenvalue weighted by molar-refractivity contribution is 0.0903. The van der Waals surface area contributed by atoms with E-state index in [-0.39, 0.29) is 18.0 Å². The van der Waals surface area contributed by atoms with Gasteiger partial charge in [0.25, 0.3) is 5.56 Å². The van der Waals surface area contributed by atoms with Crippen LogP contribution in [-0.4, -0.2) is 30.6 Å². The molecule has 2 aromatic rings. The number of aromatic nitrogens is 4. The smallest absolute Gasteiger partial charge is 0.332 e. The van der Waals surface area contributed by atoms with Crippen LogP contribution in [0.25, 0.3) is 11.2 Å². The van der Waals surface area contributed by atoms with E-state index in [1.54, 1.807) is 11.6 Å². The highest BCUT2D eigenvalue weighted by Gasteiger charge is 2.15. The third-order valence-corrected chi connectivity index (χ3v) is 4.11. The molecule has 0 aromatic carbocycles. The number of alkyl halides is 1. The highest BCUT2D eigenvalue weighted by atomic mass is 79.9.